The molecule has 3 aromatic carbocycles. The van der Waals surface area contributed by atoms with Gasteiger partial charge in [-0.05, 0) is 73.9 Å². The molecule has 5 rings (SSSR count). The van der Waals surface area contributed by atoms with Crippen molar-refractivity contribution in [1.82, 2.24) is 4.31 Å². The smallest absolute Gasteiger partial charge is 0.406 e. The number of alkyl halides is 3. The zero-order valence-electron chi connectivity index (χ0n) is 19.6. The minimum absolute atomic E-state index is 0.0502. The summed E-state index contributed by atoms with van der Waals surface area (Å²) in [6, 6.07) is 18.0. The fraction of sp³-hybridized carbons (Fsp3) is 0.308. The van der Waals surface area contributed by atoms with Crippen LogP contribution in [0.2, 0.25) is 5.02 Å². The van der Waals surface area contributed by atoms with Crippen LogP contribution in [-0.2, 0) is 10.0 Å². The second kappa shape index (κ2) is 10.4. The summed E-state index contributed by atoms with van der Waals surface area (Å²) < 4.78 is 69.9. The Bertz CT molecular complexity index is 1380. The summed E-state index contributed by atoms with van der Waals surface area (Å²) in [5, 5.41) is 0.628. The first-order valence-electron chi connectivity index (χ1n) is 11.8. The molecule has 1 fully saturated rings. The highest BCUT2D eigenvalue weighted by Gasteiger charge is 2.35. The molecule has 0 saturated carbocycles. The molecule has 0 aromatic heterocycles. The molecule has 0 spiro atoms. The van der Waals surface area contributed by atoms with Gasteiger partial charge in [0.1, 0.15) is 5.75 Å². The standard InChI is InChI=1S/C26H24ClF3N2O3S2/c27-18-8-13-25-23(17-18)31(22-6-1-2-7-24(22)36-25)16-14-19-5-3-4-15-32(19)37(33,34)21-11-9-20(10-12-21)35-26(28,29)30/h1-2,6-13,17,19H,3-5,14-16H2. The highest BCUT2D eigenvalue weighted by Crippen LogP contribution is 2.49. The van der Waals surface area contributed by atoms with Gasteiger partial charge in [0, 0.05) is 33.9 Å². The Morgan fingerprint density at radius 3 is 2.46 bits per heavy atom. The van der Waals surface area contributed by atoms with E-state index in [0.717, 1.165) is 46.1 Å². The van der Waals surface area contributed by atoms with Crippen molar-refractivity contribution in [3.05, 3.63) is 71.8 Å². The van der Waals surface area contributed by atoms with Crippen LogP contribution in [0.1, 0.15) is 25.7 Å². The Kier molecular flexibility index (Phi) is 7.37. The third-order valence-corrected chi connectivity index (χ3v) is 9.84. The molecule has 5 nitrogen and oxygen atoms in total. The van der Waals surface area contributed by atoms with Crippen LogP contribution >= 0.6 is 23.4 Å². The number of anilines is 2. The van der Waals surface area contributed by atoms with Crippen molar-refractivity contribution in [1.29, 1.82) is 0 Å². The van der Waals surface area contributed by atoms with Crippen LogP contribution in [0.15, 0.2) is 81.4 Å². The molecule has 3 aromatic rings. The van der Waals surface area contributed by atoms with Gasteiger partial charge in [0.05, 0.1) is 16.3 Å². The van der Waals surface area contributed by atoms with E-state index in [1.54, 1.807) is 11.8 Å². The molecule has 0 N–H and O–H groups in total. The maximum Gasteiger partial charge on any atom is 0.573 e. The molecule has 2 heterocycles. The largest absolute Gasteiger partial charge is 0.573 e. The van der Waals surface area contributed by atoms with Gasteiger partial charge in [0.15, 0.2) is 0 Å². The lowest BCUT2D eigenvalue weighted by atomic mass is 10.0. The summed E-state index contributed by atoms with van der Waals surface area (Å²) in [4.78, 5) is 4.34. The predicted molar refractivity (Wildman–Crippen MR) is 138 cm³/mol. The van der Waals surface area contributed by atoms with Gasteiger partial charge in [-0.15, -0.1) is 13.2 Å². The van der Waals surface area contributed by atoms with Crippen LogP contribution in [0.3, 0.4) is 0 Å². The maximum atomic E-state index is 13.5. The van der Waals surface area contributed by atoms with Gasteiger partial charge in [0.2, 0.25) is 10.0 Å². The minimum atomic E-state index is -4.84. The number of sulfonamides is 1. The van der Waals surface area contributed by atoms with Crippen molar-refractivity contribution < 1.29 is 26.3 Å². The van der Waals surface area contributed by atoms with E-state index in [1.807, 2.05) is 36.4 Å². The summed E-state index contributed by atoms with van der Waals surface area (Å²) in [5.74, 6) is -0.458. The molecule has 2 aliphatic heterocycles. The van der Waals surface area contributed by atoms with Gasteiger partial charge in [-0.1, -0.05) is 41.9 Å². The molecule has 11 heteroatoms. The Morgan fingerprint density at radius 1 is 0.973 bits per heavy atom. The van der Waals surface area contributed by atoms with Crippen molar-refractivity contribution >= 4 is 44.8 Å². The number of fused-ring (bicyclic) bond motifs is 2. The molecule has 196 valence electrons. The Labute approximate surface area is 223 Å². The summed E-state index contributed by atoms with van der Waals surface area (Å²) in [6.07, 6.45) is -1.91. The van der Waals surface area contributed by atoms with E-state index in [2.05, 4.69) is 15.7 Å². The van der Waals surface area contributed by atoms with E-state index < -0.39 is 22.1 Å². The number of benzene rings is 3. The molecule has 0 aliphatic carbocycles. The van der Waals surface area contributed by atoms with E-state index in [0.29, 0.717) is 31.0 Å². The van der Waals surface area contributed by atoms with Gasteiger partial charge in [-0.25, -0.2) is 8.42 Å². The van der Waals surface area contributed by atoms with Crippen LogP contribution in [0, 0.1) is 0 Å². The number of para-hydroxylation sites is 1. The molecule has 0 amide bonds. The molecule has 37 heavy (non-hydrogen) atoms. The topological polar surface area (TPSA) is 49.9 Å². The highest BCUT2D eigenvalue weighted by molar-refractivity contribution is 7.99. The van der Waals surface area contributed by atoms with Gasteiger partial charge in [0.25, 0.3) is 0 Å². The van der Waals surface area contributed by atoms with Gasteiger partial charge < -0.3 is 9.64 Å². The van der Waals surface area contributed by atoms with Crippen molar-refractivity contribution in [2.24, 2.45) is 0 Å². The van der Waals surface area contributed by atoms with E-state index in [9.17, 15) is 21.6 Å². The second-order valence-corrected chi connectivity index (χ2v) is 12.3. The number of rotatable bonds is 6. The van der Waals surface area contributed by atoms with E-state index >= 15 is 0 Å². The van der Waals surface area contributed by atoms with Crippen molar-refractivity contribution in [3.63, 3.8) is 0 Å². The molecule has 2 aliphatic rings. The Hall–Kier alpha value is -2.40. The molecular weight excluding hydrogens is 545 g/mol. The summed E-state index contributed by atoms with van der Waals surface area (Å²) in [7, 11) is -3.90. The number of hydrogen-bond donors (Lipinski definition) is 0. The average molecular weight is 569 g/mol. The van der Waals surface area contributed by atoms with Crippen molar-refractivity contribution in [3.8, 4) is 5.75 Å². The van der Waals surface area contributed by atoms with Crippen molar-refractivity contribution in [2.45, 2.75) is 52.8 Å². The van der Waals surface area contributed by atoms with E-state index in [-0.39, 0.29) is 10.9 Å². The average Bonchev–Trinajstić information content (AvgIpc) is 2.86. The number of ether oxygens (including phenoxy) is 1. The molecule has 0 bridgehead atoms. The number of halogens is 4. The van der Waals surface area contributed by atoms with E-state index in [1.165, 1.54) is 16.4 Å². The Morgan fingerprint density at radius 2 is 1.70 bits per heavy atom. The number of piperidine rings is 1. The molecule has 1 unspecified atom stereocenters. The summed E-state index contributed by atoms with van der Waals surface area (Å²) >= 11 is 8.00. The molecule has 1 saturated heterocycles. The number of nitrogens with zero attached hydrogens (tertiary/aromatic N) is 2. The fourth-order valence-electron chi connectivity index (χ4n) is 4.85. The van der Waals surface area contributed by atoms with E-state index in [4.69, 9.17) is 11.6 Å². The molecule has 1 atom stereocenters. The predicted octanol–water partition coefficient (Wildman–Crippen LogP) is 7.47. The normalized spacial score (nSPS) is 18.3. The SMILES string of the molecule is O=S(=O)(c1ccc(OC(F)(F)F)cc1)N1CCCCC1CCN1c2ccccc2Sc2ccc(Cl)cc21. The molecule has 0 radical (unpaired) electrons. The monoisotopic (exact) mass is 568 g/mol. The lowest BCUT2D eigenvalue weighted by Crippen LogP contribution is -2.45. The van der Waals surface area contributed by atoms with Crippen LogP contribution in [0.5, 0.6) is 5.75 Å². The first-order chi connectivity index (χ1) is 17.6. The third kappa shape index (κ3) is 5.72. The van der Waals surface area contributed by atoms with Crippen LogP contribution in [0.25, 0.3) is 0 Å². The van der Waals surface area contributed by atoms with Crippen LogP contribution in [0.4, 0.5) is 24.5 Å². The maximum absolute atomic E-state index is 13.5. The second-order valence-electron chi connectivity index (χ2n) is 8.91. The summed E-state index contributed by atoms with van der Waals surface area (Å²) in [5.41, 5.74) is 2.04. The van der Waals surface area contributed by atoms with Crippen LogP contribution in [-0.4, -0.2) is 38.2 Å². The highest BCUT2D eigenvalue weighted by atomic mass is 35.5. The zero-order valence-corrected chi connectivity index (χ0v) is 22.0. The third-order valence-electron chi connectivity index (χ3n) is 6.51. The summed E-state index contributed by atoms with van der Waals surface area (Å²) in [6.45, 7) is 0.947. The van der Waals surface area contributed by atoms with Gasteiger partial charge in [-0.2, -0.15) is 4.31 Å². The molecular formula is C26H24ClF3N2O3S2. The van der Waals surface area contributed by atoms with Gasteiger partial charge >= 0.3 is 6.36 Å². The fourth-order valence-corrected chi connectivity index (χ4v) is 7.82. The van der Waals surface area contributed by atoms with Gasteiger partial charge in [-0.3, -0.25) is 0 Å². The van der Waals surface area contributed by atoms with Crippen LogP contribution < -0.4 is 9.64 Å². The minimum Gasteiger partial charge on any atom is -0.406 e. The first kappa shape index (κ1) is 26.2. The Balaban J connectivity index is 1.38. The number of hydrogen-bond acceptors (Lipinski definition) is 5. The zero-order chi connectivity index (χ0) is 26.2. The first-order valence-corrected chi connectivity index (χ1v) is 14.5. The lowest BCUT2D eigenvalue weighted by molar-refractivity contribution is -0.274. The van der Waals surface area contributed by atoms with Crippen molar-refractivity contribution in [2.75, 3.05) is 18.0 Å². The lowest BCUT2D eigenvalue weighted by Gasteiger charge is -2.38. The quantitative estimate of drug-likeness (QED) is 0.309.